The van der Waals surface area contributed by atoms with Crippen molar-refractivity contribution in [2.75, 3.05) is 0 Å². The average Bonchev–Trinajstić information content (AvgIpc) is 3.53. The summed E-state index contributed by atoms with van der Waals surface area (Å²) in [4.78, 5) is 35.1. The van der Waals surface area contributed by atoms with E-state index in [-0.39, 0.29) is 28.1 Å². The van der Waals surface area contributed by atoms with Crippen molar-refractivity contribution in [2.24, 2.45) is 0 Å². The maximum Gasteiger partial charge on any atom is 0.269 e. The molecule has 0 N–H and O–H groups in total. The number of hydrogen-bond donors (Lipinski definition) is 0. The third-order valence-corrected chi connectivity index (χ3v) is 8.81. The minimum atomic E-state index is -0.388. The highest BCUT2D eigenvalue weighted by atomic mass is 16.6. The van der Waals surface area contributed by atoms with E-state index in [1.807, 2.05) is 54.1 Å². The number of nitro groups is 1. The standard InChI is InChI=1S/C27H23NO3.C11H11NO/c1-16-25(17(2)29)27-22(19-10-13-20(14-11-19)28(30)31)8-5-9-23(27)24-15-12-18-6-3-4-7-21(18)26(16)24;1-2-11(13)9-5-3-7-12-8-4-6-10(9)12/h5,7-15,22H,3-4,6H2,1-2H3;3-8H,2H2,1H3. The molecular formula is C38H34N2O4. The van der Waals surface area contributed by atoms with Gasteiger partial charge in [0.25, 0.3) is 5.69 Å². The lowest BCUT2D eigenvalue weighted by Crippen LogP contribution is -2.26. The van der Waals surface area contributed by atoms with Crippen LogP contribution in [-0.4, -0.2) is 20.9 Å². The van der Waals surface area contributed by atoms with E-state index in [2.05, 4.69) is 37.3 Å². The van der Waals surface area contributed by atoms with E-state index in [0.717, 1.165) is 51.4 Å². The highest BCUT2D eigenvalue weighted by molar-refractivity contribution is 6.05. The van der Waals surface area contributed by atoms with Crippen LogP contribution in [0.3, 0.4) is 0 Å². The largest absolute Gasteiger partial charge is 0.323 e. The minimum Gasteiger partial charge on any atom is -0.323 e. The molecule has 6 heteroatoms. The second kappa shape index (κ2) is 11.9. The van der Waals surface area contributed by atoms with Crippen molar-refractivity contribution in [3.8, 4) is 0 Å². The molecule has 1 unspecified atom stereocenters. The Labute approximate surface area is 255 Å². The molecular weight excluding hydrogens is 548 g/mol. The van der Waals surface area contributed by atoms with Gasteiger partial charge >= 0.3 is 0 Å². The zero-order valence-electron chi connectivity index (χ0n) is 25.2. The van der Waals surface area contributed by atoms with Gasteiger partial charge < -0.3 is 4.40 Å². The molecule has 0 spiro atoms. The molecule has 0 fully saturated rings. The van der Waals surface area contributed by atoms with Crippen molar-refractivity contribution < 1.29 is 14.5 Å². The lowest BCUT2D eigenvalue weighted by molar-refractivity contribution is -0.384. The lowest BCUT2D eigenvalue weighted by atomic mass is 9.78. The van der Waals surface area contributed by atoms with E-state index in [0.29, 0.717) is 6.42 Å². The Kier molecular flexibility index (Phi) is 7.83. The van der Waals surface area contributed by atoms with Crippen molar-refractivity contribution in [1.29, 1.82) is 0 Å². The third-order valence-electron chi connectivity index (χ3n) is 8.81. The Morgan fingerprint density at radius 3 is 2.45 bits per heavy atom. The summed E-state index contributed by atoms with van der Waals surface area (Å²) in [6.45, 7) is 5.58. The number of allylic oxidation sites excluding steroid dienone is 2. The molecule has 0 bridgehead atoms. The van der Waals surface area contributed by atoms with Crippen LogP contribution in [0.15, 0.2) is 85.2 Å². The minimum absolute atomic E-state index is 0.0553. The van der Waals surface area contributed by atoms with Gasteiger partial charge in [0.15, 0.2) is 11.6 Å². The van der Waals surface area contributed by atoms with Crippen molar-refractivity contribution in [2.45, 2.75) is 52.4 Å². The van der Waals surface area contributed by atoms with Gasteiger partial charge in [-0.05, 0) is 101 Å². The average molecular weight is 583 g/mol. The molecule has 7 rings (SSSR count). The van der Waals surface area contributed by atoms with E-state index in [1.165, 1.54) is 40.1 Å². The predicted octanol–water partition coefficient (Wildman–Crippen LogP) is 7.39. The molecule has 2 aliphatic carbocycles. The van der Waals surface area contributed by atoms with Gasteiger partial charge in [0.1, 0.15) is 0 Å². The van der Waals surface area contributed by atoms with Gasteiger partial charge in [0.05, 0.1) is 10.4 Å². The van der Waals surface area contributed by atoms with Crippen LogP contribution in [0.1, 0.15) is 82.0 Å². The Bertz CT molecular complexity index is 2120. The molecule has 2 aliphatic rings. The molecule has 6 nitrogen and oxygen atoms in total. The Morgan fingerprint density at radius 2 is 1.75 bits per heavy atom. The smallest absolute Gasteiger partial charge is 0.269 e. The van der Waals surface area contributed by atoms with Crippen LogP contribution in [-0.2, 0) is 6.42 Å². The number of aromatic nitrogens is 1. The molecule has 5 aromatic rings. The zero-order chi connectivity index (χ0) is 31.0. The maximum atomic E-state index is 12.9. The van der Waals surface area contributed by atoms with Crippen LogP contribution in [0.4, 0.5) is 5.69 Å². The second-order valence-electron chi connectivity index (χ2n) is 11.4. The monoisotopic (exact) mass is 582 g/mol. The number of non-ortho nitro benzene ring substituents is 1. The van der Waals surface area contributed by atoms with Gasteiger partial charge in [-0.25, -0.2) is 0 Å². The normalized spacial score (nSPS) is 14.9. The number of nitro benzene ring substituents is 1. The summed E-state index contributed by atoms with van der Waals surface area (Å²) in [5, 5.41) is 15.8. The highest BCUT2D eigenvalue weighted by Crippen LogP contribution is 2.34. The molecule has 0 saturated carbocycles. The lowest BCUT2D eigenvalue weighted by Gasteiger charge is -2.25. The van der Waals surface area contributed by atoms with E-state index < -0.39 is 0 Å². The van der Waals surface area contributed by atoms with Crippen LogP contribution < -0.4 is 10.4 Å². The van der Waals surface area contributed by atoms with Crippen LogP contribution in [0.2, 0.25) is 0 Å². The Hall–Kier alpha value is -5.10. The predicted molar refractivity (Wildman–Crippen MR) is 176 cm³/mol. The SMILES string of the molecule is CC(=O)c1c2c(c3ccc4c(c3c1C)=CCCC4)=CC=CC2c1ccc([N+](=O)[O-])cc1.CCC(=O)c1cccn2cccc12. The van der Waals surface area contributed by atoms with Gasteiger partial charge in [0.2, 0.25) is 0 Å². The number of carbonyl (C=O) groups excluding carboxylic acids is 2. The topological polar surface area (TPSA) is 81.7 Å². The van der Waals surface area contributed by atoms with Crippen molar-refractivity contribution >= 4 is 45.7 Å². The summed E-state index contributed by atoms with van der Waals surface area (Å²) in [6, 6.07) is 18.8. The summed E-state index contributed by atoms with van der Waals surface area (Å²) < 4.78 is 1.96. The van der Waals surface area contributed by atoms with Crippen LogP contribution in [0, 0.1) is 17.0 Å². The fraction of sp³-hybridized carbons (Fsp3) is 0.211. The first-order valence-electron chi connectivity index (χ1n) is 15.1. The fourth-order valence-electron chi connectivity index (χ4n) is 6.78. The number of aryl methyl sites for hydroxylation is 2. The Morgan fingerprint density at radius 1 is 1.00 bits per heavy atom. The first-order valence-corrected chi connectivity index (χ1v) is 15.1. The summed E-state index contributed by atoms with van der Waals surface area (Å²) in [5.74, 6) is 0.131. The van der Waals surface area contributed by atoms with Crippen LogP contribution >= 0.6 is 0 Å². The number of rotatable bonds is 5. The number of hydrogen-bond acceptors (Lipinski definition) is 4. The number of nitrogens with zero attached hydrogens (tertiary/aromatic N) is 2. The summed E-state index contributed by atoms with van der Waals surface area (Å²) in [6.07, 6.45) is 16.3. The second-order valence-corrected chi connectivity index (χ2v) is 11.4. The molecule has 1 atom stereocenters. The number of pyridine rings is 1. The van der Waals surface area contributed by atoms with Gasteiger partial charge in [-0.1, -0.05) is 55.5 Å². The first-order chi connectivity index (χ1) is 21.3. The molecule has 0 amide bonds. The first kappa shape index (κ1) is 29.0. The molecule has 0 saturated heterocycles. The zero-order valence-corrected chi connectivity index (χ0v) is 25.2. The number of benzene rings is 3. The summed E-state index contributed by atoms with van der Waals surface area (Å²) in [7, 11) is 0. The quantitative estimate of drug-likeness (QED) is 0.123. The molecule has 2 heterocycles. The number of ketones is 2. The van der Waals surface area contributed by atoms with Gasteiger partial charge in [-0.3, -0.25) is 19.7 Å². The van der Waals surface area contributed by atoms with Crippen molar-refractivity contribution in [1.82, 2.24) is 4.40 Å². The molecule has 220 valence electrons. The molecule has 44 heavy (non-hydrogen) atoms. The summed E-state index contributed by atoms with van der Waals surface area (Å²) >= 11 is 0. The number of fused-ring (bicyclic) bond motifs is 6. The van der Waals surface area contributed by atoms with Gasteiger partial charge in [-0.2, -0.15) is 0 Å². The molecule has 0 aliphatic heterocycles. The van der Waals surface area contributed by atoms with Crippen molar-refractivity contribution in [3.63, 3.8) is 0 Å². The summed E-state index contributed by atoms with van der Waals surface area (Å²) in [5.41, 5.74) is 7.00. The third kappa shape index (κ3) is 5.06. The Balaban J connectivity index is 0.000000220. The number of carbonyl (C=O) groups is 2. The van der Waals surface area contributed by atoms with E-state index in [4.69, 9.17) is 0 Å². The van der Waals surface area contributed by atoms with Gasteiger partial charge in [-0.15, -0.1) is 0 Å². The van der Waals surface area contributed by atoms with E-state index in [9.17, 15) is 19.7 Å². The van der Waals surface area contributed by atoms with E-state index >= 15 is 0 Å². The maximum absolute atomic E-state index is 12.9. The molecule has 3 aromatic carbocycles. The number of Topliss-reactive ketones (excluding diaryl/α,β-unsaturated/α-hetero) is 2. The van der Waals surface area contributed by atoms with Crippen molar-refractivity contribution in [3.05, 3.63) is 139 Å². The highest BCUT2D eigenvalue weighted by Gasteiger charge is 2.26. The van der Waals surface area contributed by atoms with E-state index in [1.54, 1.807) is 19.1 Å². The van der Waals surface area contributed by atoms with Crippen LogP contribution in [0.25, 0.3) is 28.4 Å². The molecule has 0 radical (unpaired) electrons. The van der Waals surface area contributed by atoms with Crippen LogP contribution in [0.5, 0.6) is 0 Å². The molecule has 2 aromatic heterocycles. The van der Waals surface area contributed by atoms with Gasteiger partial charge in [0, 0.05) is 48.0 Å². The fourth-order valence-corrected chi connectivity index (χ4v) is 6.78.